The first-order valence-corrected chi connectivity index (χ1v) is 5.56. The molecular formula is C12H14N2O3. The molecule has 0 saturated heterocycles. The van der Waals surface area contributed by atoms with Gasteiger partial charge in [-0.25, -0.2) is 0 Å². The summed E-state index contributed by atoms with van der Waals surface area (Å²) in [6.45, 7) is 0.949. The molecular weight excluding hydrogens is 220 g/mol. The van der Waals surface area contributed by atoms with Gasteiger partial charge < -0.3 is 9.67 Å². The van der Waals surface area contributed by atoms with E-state index >= 15 is 0 Å². The molecule has 1 aromatic carbocycles. The van der Waals surface area contributed by atoms with Crippen LogP contribution in [0.5, 0.6) is 0 Å². The SMILES string of the molecule is O=[N+]([O-])c1ccc2ccn(CCCCO)c2c1. The Labute approximate surface area is 98.4 Å². The van der Waals surface area contributed by atoms with Crippen molar-refractivity contribution in [3.63, 3.8) is 0 Å². The summed E-state index contributed by atoms with van der Waals surface area (Å²) in [4.78, 5) is 10.3. The summed E-state index contributed by atoms with van der Waals surface area (Å²) < 4.78 is 1.98. The molecule has 0 aliphatic carbocycles. The van der Waals surface area contributed by atoms with Crippen molar-refractivity contribution in [3.8, 4) is 0 Å². The minimum Gasteiger partial charge on any atom is -0.396 e. The third kappa shape index (κ3) is 2.45. The van der Waals surface area contributed by atoms with Crippen LogP contribution in [0.3, 0.4) is 0 Å². The lowest BCUT2D eigenvalue weighted by molar-refractivity contribution is -0.384. The van der Waals surface area contributed by atoms with Gasteiger partial charge >= 0.3 is 0 Å². The lowest BCUT2D eigenvalue weighted by Gasteiger charge is -2.04. The van der Waals surface area contributed by atoms with Crippen LogP contribution in [-0.4, -0.2) is 21.2 Å². The molecule has 17 heavy (non-hydrogen) atoms. The van der Waals surface area contributed by atoms with E-state index in [2.05, 4.69) is 0 Å². The predicted molar refractivity (Wildman–Crippen MR) is 64.9 cm³/mol. The van der Waals surface area contributed by atoms with Crippen LogP contribution < -0.4 is 0 Å². The molecule has 0 aliphatic heterocycles. The van der Waals surface area contributed by atoms with Gasteiger partial charge in [-0.05, 0) is 25.0 Å². The second-order valence-electron chi connectivity index (χ2n) is 3.94. The molecule has 0 atom stereocenters. The van der Waals surface area contributed by atoms with Gasteiger partial charge in [0, 0.05) is 36.9 Å². The molecule has 0 aliphatic rings. The molecule has 1 aromatic heterocycles. The van der Waals surface area contributed by atoms with Crippen LogP contribution in [0.15, 0.2) is 30.5 Å². The van der Waals surface area contributed by atoms with Gasteiger partial charge in [-0.15, -0.1) is 0 Å². The maximum atomic E-state index is 10.7. The first-order valence-electron chi connectivity index (χ1n) is 5.56. The number of nitro groups is 1. The largest absolute Gasteiger partial charge is 0.396 e. The summed E-state index contributed by atoms with van der Waals surface area (Å²) in [6, 6.07) is 6.81. The fourth-order valence-corrected chi connectivity index (χ4v) is 1.87. The molecule has 5 heteroatoms. The van der Waals surface area contributed by atoms with E-state index in [-0.39, 0.29) is 17.2 Å². The number of rotatable bonds is 5. The van der Waals surface area contributed by atoms with E-state index in [9.17, 15) is 10.1 Å². The molecule has 0 spiro atoms. The van der Waals surface area contributed by atoms with E-state index in [4.69, 9.17) is 5.11 Å². The smallest absolute Gasteiger partial charge is 0.271 e. The average Bonchev–Trinajstić information content (AvgIpc) is 2.72. The third-order valence-electron chi connectivity index (χ3n) is 2.78. The number of aryl methyl sites for hydroxylation is 1. The molecule has 0 radical (unpaired) electrons. The van der Waals surface area contributed by atoms with Gasteiger partial charge in [0.15, 0.2) is 0 Å². The summed E-state index contributed by atoms with van der Waals surface area (Å²) in [5, 5.41) is 20.4. The third-order valence-corrected chi connectivity index (χ3v) is 2.78. The van der Waals surface area contributed by atoms with Gasteiger partial charge in [-0.2, -0.15) is 0 Å². The van der Waals surface area contributed by atoms with Crippen molar-refractivity contribution < 1.29 is 10.0 Å². The van der Waals surface area contributed by atoms with Crippen molar-refractivity contribution in [2.24, 2.45) is 0 Å². The number of benzene rings is 1. The van der Waals surface area contributed by atoms with E-state index in [0.717, 1.165) is 30.3 Å². The first kappa shape index (κ1) is 11.6. The van der Waals surface area contributed by atoms with Gasteiger partial charge in [0.25, 0.3) is 5.69 Å². The molecule has 90 valence electrons. The van der Waals surface area contributed by atoms with Crippen LogP contribution in [0.4, 0.5) is 5.69 Å². The van der Waals surface area contributed by atoms with Crippen molar-refractivity contribution in [1.82, 2.24) is 4.57 Å². The molecule has 5 nitrogen and oxygen atoms in total. The van der Waals surface area contributed by atoms with E-state index in [0.29, 0.717) is 0 Å². The van der Waals surface area contributed by atoms with Gasteiger partial charge in [-0.3, -0.25) is 10.1 Å². The van der Waals surface area contributed by atoms with Crippen LogP contribution in [0.2, 0.25) is 0 Å². The minimum absolute atomic E-state index is 0.111. The predicted octanol–water partition coefficient (Wildman–Crippen LogP) is 2.32. The number of non-ortho nitro benzene ring substituents is 1. The van der Waals surface area contributed by atoms with Crippen molar-refractivity contribution in [3.05, 3.63) is 40.6 Å². The number of aliphatic hydroxyl groups excluding tert-OH is 1. The highest BCUT2D eigenvalue weighted by atomic mass is 16.6. The lowest BCUT2D eigenvalue weighted by Crippen LogP contribution is -1.97. The molecule has 0 saturated carbocycles. The summed E-state index contributed by atoms with van der Waals surface area (Å²) in [7, 11) is 0. The second-order valence-corrected chi connectivity index (χ2v) is 3.94. The van der Waals surface area contributed by atoms with Crippen LogP contribution in [0.1, 0.15) is 12.8 Å². The van der Waals surface area contributed by atoms with Crippen LogP contribution in [-0.2, 0) is 6.54 Å². The number of aliphatic hydroxyl groups is 1. The number of nitrogens with zero attached hydrogens (tertiary/aromatic N) is 2. The van der Waals surface area contributed by atoms with Crippen molar-refractivity contribution in [1.29, 1.82) is 0 Å². The molecule has 2 rings (SSSR count). The van der Waals surface area contributed by atoms with E-state index in [1.54, 1.807) is 12.1 Å². The number of unbranched alkanes of at least 4 members (excludes halogenated alkanes) is 1. The topological polar surface area (TPSA) is 68.3 Å². The zero-order chi connectivity index (χ0) is 12.3. The maximum absolute atomic E-state index is 10.7. The van der Waals surface area contributed by atoms with E-state index in [1.165, 1.54) is 6.07 Å². The quantitative estimate of drug-likeness (QED) is 0.490. The average molecular weight is 234 g/mol. The monoisotopic (exact) mass is 234 g/mol. The fourth-order valence-electron chi connectivity index (χ4n) is 1.87. The Balaban J connectivity index is 2.30. The maximum Gasteiger partial charge on any atom is 0.271 e. The summed E-state index contributed by atoms with van der Waals surface area (Å²) >= 11 is 0. The Bertz CT molecular complexity index is 534. The Morgan fingerprint density at radius 1 is 1.29 bits per heavy atom. The number of hydrogen-bond donors (Lipinski definition) is 1. The van der Waals surface area contributed by atoms with Crippen LogP contribution in [0.25, 0.3) is 10.9 Å². The van der Waals surface area contributed by atoms with E-state index in [1.807, 2.05) is 16.8 Å². The standard InChI is InChI=1S/C12H14N2O3/c15-8-2-1-6-13-7-5-10-3-4-11(14(16)17)9-12(10)13/h3-5,7,9,15H,1-2,6,8H2. The minimum atomic E-state index is -0.384. The molecule has 2 aromatic rings. The van der Waals surface area contributed by atoms with Gasteiger partial charge in [0.2, 0.25) is 0 Å². The normalized spacial score (nSPS) is 10.9. The fraction of sp³-hybridized carbons (Fsp3) is 0.333. The summed E-state index contributed by atoms with van der Waals surface area (Å²) in [6.07, 6.45) is 3.53. The molecule has 0 bridgehead atoms. The van der Waals surface area contributed by atoms with Crippen molar-refractivity contribution in [2.75, 3.05) is 6.61 Å². The highest BCUT2D eigenvalue weighted by Crippen LogP contribution is 2.22. The van der Waals surface area contributed by atoms with E-state index < -0.39 is 0 Å². The van der Waals surface area contributed by atoms with Crippen LogP contribution in [0, 0.1) is 10.1 Å². The van der Waals surface area contributed by atoms with Crippen LogP contribution >= 0.6 is 0 Å². The Hall–Kier alpha value is -1.88. The molecule has 0 amide bonds. The first-order chi connectivity index (χ1) is 8.22. The molecule has 1 N–H and O–H groups in total. The molecule has 0 fully saturated rings. The zero-order valence-corrected chi connectivity index (χ0v) is 9.37. The molecule has 0 unspecified atom stereocenters. The zero-order valence-electron chi connectivity index (χ0n) is 9.37. The number of nitro benzene ring substituents is 1. The highest BCUT2D eigenvalue weighted by molar-refractivity contribution is 5.82. The van der Waals surface area contributed by atoms with Gasteiger partial charge in [-0.1, -0.05) is 0 Å². The summed E-state index contributed by atoms with van der Waals surface area (Å²) in [5.74, 6) is 0. The number of aromatic nitrogens is 1. The molecule has 1 heterocycles. The lowest BCUT2D eigenvalue weighted by atomic mass is 10.2. The van der Waals surface area contributed by atoms with Crippen molar-refractivity contribution >= 4 is 16.6 Å². The number of fused-ring (bicyclic) bond motifs is 1. The Morgan fingerprint density at radius 3 is 2.82 bits per heavy atom. The van der Waals surface area contributed by atoms with Gasteiger partial charge in [0.1, 0.15) is 0 Å². The van der Waals surface area contributed by atoms with Gasteiger partial charge in [0.05, 0.1) is 10.4 Å². The Kier molecular flexibility index (Phi) is 3.39. The second kappa shape index (κ2) is 4.97. The highest BCUT2D eigenvalue weighted by Gasteiger charge is 2.08. The number of hydrogen-bond acceptors (Lipinski definition) is 3. The summed E-state index contributed by atoms with van der Waals surface area (Å²) in [5.41, 5.74) is 0.983. The van der Waals surface area contributed by atoms with Crippen molar-refractivity contribution in [2.45, 2.75) is 19.4 Å². The Morgan fingerprint density at radius 2 is 2.12 bits per heavy atom.